The van der Waals surface area contributed by atoms with Crippen molar-refractivity contribution in [2.45, 2.75) is 176 Å². The van der Waals surface area contributed by atoms with Crippen LogP contribution in [0, 0.1) is 0 Å². The molecule has 0 radical (unpaired) electrons. The van der Waals surface area contributed by atoms with Gasteiger partial charge < -0.3 is 106 Å². The number of Topliss-reactive ketones (excluding diaryl/α,β-unsaturated/α-hetero) is 2. The number of aliphatic hydroxyl groups is 6. The molecular formula is C70H81N5O29. The molecule has 3 aliphatic heterocycles. The Morgan fingerprint density at radius 1 is 0.558 bits per heavy atom. The van der Waals surface area contributed by atoms with Gasteiger partial charge in [0, 0.05) is 117 Å². The summed E-state index contributed by atoms with van der Waals surface area (Å²) in [7, 11) is 5.57. The molecule has 104 heavy (non-hydrogen) atoms. The first-order chi connectivity index (χ1) is 49.3. The Hall–Kier alpha value is -9.72. The first-order valence-corrected chi connectivity index (χ1v) is 33.2. The van der Waals surface area contributed by atoms with E-state index < -0.39 is 221 Å². The molecular weight excluding hydrogens is 1370 g/mol. The number of ether oxygens (including phenoxy) is 6. The maximum atomic E-state index is 13.9. The normalized spacial score (nSPS) is 25.7. The van der Waals surface area contributed by atoms with Gasteiger partial charge in [-0.25, -0.2) is 4.79 Å². The van der Waals surface area contributed by atoms with Crippen LogP contribution < -0.4 is 31.2 Å². The number of phenols is 4. The number of benzene rings is 4. The standard InChI is InChI=1S/C36H38N2O16.C33H38N2O13.CH5N/c1-15-31(45)18(37-22(41)7-4-8-25(44)54-38-23(42)9-10-24(38)43)11-26(52-15)53-20-13-36(50,21(40)14-39)12-17-28(20)35(49)30-29(33(17)47)32(46)16-5-3-6-19(51-2)27(16)34(30)48;1-14-28(40)17(35-22(39)9-5-8-21(38)34-2)10-23(47-14)48-19-12-33(45,20(37)13-36)11-16-25(19)32(44)27-26(30(16)42)29(41)15-6-4-7-18(46-3)24(15)31(27)43;1-2/h3,5-6,15,18,20,26,31,39,45,47,49-50H,4,7-14H2,1-2H3,(H,37,41);4,6-7,14,17,19,23,28,36,40,42,44-45H,5,8-13H2,1-3H3,(H,34,38)(H,35,39);2H2,1H3/t15?,18?,20-,26?,31?,36-;14?,17?,19-,23?,28?,33-;/m00./s1. The second kappa shape index (κ2) is 32.1. The fourth-order valence-corrected chi connectivity index (χ4v) is 14.0. The molecule has 4 aliphatic carbocycles. The summed E-state index contributed by atoms with van der Waals surface area (Å²) < 4.78 is 34.6. The van der Waals surface area contributed by atoms with E-state index in [1.54, 1.807) is 0 Å². The first kappa shape index (κ1) is 78.4. The molecule has 3 heterocycles. The highest BCUT2D eigenvalue weighted by atomic mass is 16.7. The van der Waals surface area contributed by atoms with Crippen LogP contribution in [0.3, 0.4) is 0 Å². The molecule has 34 heteroatoms. The Balaban J connectivity index is 0.000000237. The molecule has 3 saturated heterocycles. The smallest absolute Gasteiger partial charge is 0.333 e. The lowest BCUT2D eigenvalue weighted by molar-refractivity contribution is -0.249. The zero-order chi connectivity index (χ0) is 76.3. The highest BCUT2D eigenvalue weighted by Gasteiger charge is 2.53. The Morgan fingerprint density at radius 2 is 0.933 bits per heavy atom. The van der Waals surface area contributed by atoms with Gasteiger partial charge in [-0.2, -0.15) is 0 Å². The van der Waals surface area contributed by atoms with Crippen molar-refractivity contribution < 1.29 is 142 Å². The Bertz CT molecular complexity index is 4140. The van der Waals surface area contributed by atoms with Gasteiger partial charge in [0.15, 0.2) is 35.7 Å². The molecule has 11 rings (SSSR count). The predicted octanol–water partition coefficient (Wildman–Crippen LogP) is -0.414. The van der Waals surface area contributed by atoms with Crippen LogP contribution in [0.5, 0.6) is 34.5 Å². The topological polar surface area (TPSA) is 537 Å². The number of nitrogens with zero attached hydrogens (tertiary/aromatic N) is 1. The number of ketones is 6. The van der Waals surface area contributed by atoms with E-state index in [9.17, 15) is 109 Å². The zero-order valence-electron chi connectivity index (χ0n) is 57.3. The molecule has 4 aromatic carbocycles. The van der Waals surface area contributed by atoms with E-state index >= 15 is 0 Å². The number of rotatable bonds is 21. The zero-order valence-corrected chi connectivity index (χ0v) is 57.3. The molecule has 4 aromatic rings. The van der Waals surface area contributed by atoms with Crippen molar-refractivity contribution in [2.75, 3.05) is 41.5 Å². The number of hydrogen-bond acceptors (Lipinski definition) is 30. The average molecular weight is 1460 g/mol. The van der Waals surface area contributed by atoms with E-state index in [4.69, 9.17) is 33.3 Å². The molecule has 5 amide bonds. The van der Waals surface area contributed by atoms with Gasteiger partial charge in [0.1, 0.15) is 71.1 Å². The maximum absolute atomic E-state index is 13.9. The number of fused-ring (bicyclic) bond motifs is 6. The van der Waals surface area contributed by atoms with E-state index in [0.717, 1.165) is 0 Å². The number of hydrogen-bond donors (Lipinski definition) is 14. The molecule has 12 atom stereocenters. The number of carbonyl (C=O) groups is 12. The summed E-state index contributed by atoms with van der Waals surface area (Å²) in [5.74, 6) is -11.7. The van der Waals surface area contributed by atoms with Crippen molar-refractivity contribution in [3.8, 4) is 34.5 Å². The molecule has 8 unspecified atom stereocenters. The van der Waals surface area contributed by atoms with Crippen LogP contribution in [0.4, 0.5) is 0 Å². The van der Waals surface area contributed by atoms with Gasteiger partial charge >= 0.3 is 5.97 Å². The minimum absolute atomic E-state index is 0.00261. The van der Waals surface area contributed by atoms with Crippen LogP contribution in [0.25, 0.3) is 0 Å². The summed E-state index contributed by atoms with van der Waals surface area (Å²) in [6.45, 7) is 0.827. The highest BCUT2D eigenvalue weighted by Crippen LogP contribution is 2.55. The molecule has 0 aromatic heterocycles. The van der Waals surface area contributed by atoms with Crippen LogP contribution in [-0.4, -0.2) is 228 Å². The van der Waals surface area contributed by atoms with E-state index in [-0.39, 0.29) is 126 Å². The number of hydroxylamine groups is 2. The van der Waals surface area contributed by atoms with Crippen LogP contribution in [0.1, 0.15) is 189 Å². The minimum atomic E-state index is -2.38. The SMILES string of the molecule is CN.CNC(=O)CCCC(=O)NC1CC(O[C@H]2C[C@](O)(C(=O)CO)Cc3c(O)c4c(c(O)c32)C(=O)c2c(OC)cccc2C4=O)OC(C)C1O.COc1cccc2c1C(=O)c1c(O)c3c(c(O)c1C2=O)C[C@@](O)(C(=O)CO)C[C@@H]3OC1CC(NC(=O)CCCC(=O)ON2C(=O)CCC2=O)C(O)C(C)O1. The molecule has 0 bridgehead atoms. The van der Waals surface area contributed by atoms with Crippen molar-refractivity contribution in [3.63, 3.8) is 0 Å². The lowest BCUT2D eigenvalue weighted by Crippen LogP contribution is -2.55. The number of aliphatic hydroxyl groups excluding tert-OH is 4. The number of aromatic hydroxyl groups is 4. The largest absolute Gasteiger partial charge is 0.507 e. The third kappa shape index (κ3) is 15.2. The molecule has 560 valence electrons. The summed E-state index contributed by atoms with van der Waals surface area (Å²) in [5, 5.41) is 119. The second-order valence-corrected chi connectivity index (χ2v) is 25.8. The van der Waals surface area contributed by atoms with Crippen molar-refractivity contribution >= 4 is 70.2 Å². The molecule has 7 aliphatic rings. The fraction of sp³-hybridized carbons (Fsp3) is 0.486. The number of nitrogens with one attached hydrogen (secondary N) is 3. The summed E-state index contributed by atoms with van der Waals surface area (Å²) >= 11 is 0. The van der Waals surface area contributed by atoms with Gasteiger partial charge in [0.2, 0.25) is 29.3 Å². The molecule has 34 nitrogen and oxygen atoms in total. The van der Waals surface area contributed by atoms with Crippen molar-refractivity contribution in [1.82, 2.24) is 21.0 Å². The molecule has 0 spiro atoms. The maximum Gasteiger partial charge on any atom is 0.333 e. The minimum Gasteiger partial charge on any atom is -0.507 e. The lowest BCUT2D eigenvalue weighted by Gasteiger charge is -2.43. The monoisotopic (exact) mass is 1460 g/mol. The number of imide groups is 1. The van der Waals surface area contributed by atoms with Crippen molar-refractivity contribution in [1.29, 1.82) is 0 Å². The van der Waals surface area contributed by atoms with E-state index in [0.29, 0.717) is 5.06 Å². The Labute approximate surface area is 592 Å². The number of amides is 5. The summed E-state index contributed by atoms with van der Waals surface area (Å²) in [5.41, 5.74) is -3.79. The van der Waals surface area contributed by atoms with Crippen LogP contribution >= 0.6 is 0 Å². The van der Waals surface area contributed by atoms with Crippen LogP contribution in [-0.2, 0) is 75.0 Å². The van der Waals surface area contributed by atoms with Crippen LogP contribution in [0.2, 0.25) is 0 Å². The van der Waals surface area contributed by atoms with Gasteiger partial charge in [0.05, 0.1) is 84.1 Å². The van der Waals surface area contributed by atoms with Gasteiger partial charge in [-0.05, 0) is 45.9 Å². The molecule has 0 saturated carbocycles. The quantitative estimate of drug-likeness (QED) is 0.0322. The number of methoxy groups -OCH3 is 2. The summed E-state index contributed by atoms with van der Waals surface area (Å²) in [6, 6.07) is 6.66. The Kier molecular flexibility index (Phi) is 24.2. The number of nitrogens with two attached hydrogens (primary N) is 1. The van der Waals surface area contributed by atoms with E-state index in [1.807, 2.05) is 0 Å². The van der Waals surface area contributed by atoms with Gasteiger partial charge in [-0.15, -0.1) is 5.06 Å². The lowest BCUT2D eigenvalue weighted by atomic mass is 9.72. The third-order valence-electron chi connectivity index (χ3n) is 19.3. The third-order valence-corrected chi connectivity index (χ3v) is 19.3. The Morgan fingerprint density at radius 3 is 1.31 bits per heavy atom. The molecule has 15 N–H and O–H groups in total. The second-order valence-electron chi connectivity index (χ2n) is 25.8. The average Bonchev–Trinajstić information content (AvgIpc) is 0.867. The predicted molar refractivity (Wildman–Crippen MR) is 350 cm³/mol. The first-order valence-electron chi connectivity index (χ1n) is 33.2. The van der Waals surface area contributed by atoms with Gasteiger partial charge in [0.25, 0.3) is 11.8 Å². The summed E-state index contributed by atoms with van der Waals surface area (Å²) in [4.78, 5) is 158. The van der Waals surface area contributed by atoms with Crippen molar-refractivity contribution in [3.05, 3.63) is 103 Å². The fourth-order valence-electron chi connectivity index (χ4n) is 14.0. The van der Waals surface area contributed by atoms with E-state index in [2.05, 4.69) is 21.7 Å². The van der Waals surface area contributed by atoms with Crippen molar-refractivity contribution in [2.24, 2.45) is 5.73 Å². The molecule has 3 fully saturated rings. The highest BCUT2D eigenvalue weighted by molar-refractivity contribution is 6.32. The van der Waals surface area contributed by atoms with Crippen LogP contribution in [0.15, 0.2) is 36.4 Å². The summed E-state index contributed by atoms with van der Waals surface area (Å²) in [6.07, 6.45) is -12.9. The number of phenolic OH excluding ortho intramolecular Hbond substituents is 4. The number of carbonyl (C=O) groups excluding carboxylic acids is 12. The van der Waals surface area contributed by atoms with Gasteiger partial charge in [-0.3, -0.25) is 52.7 Å². The van der Waals surface area contributed by atoms with Gasteiger partial charge in [-0.1, -0.05) is 24.3 Å². The van der Waals surface area contributed by atoms with E-state index in [1.165, 1.54) is 78.6 Å².